The van der Waals surface area contributed by atoms with Crippen LogP contribution in [-0.4, -0.2) is 29.1 Å². The normalized spacial score (nSPS) is 10.3. The molecule has 1 amide bonds. The van der Waals surface area contributed by atoms with E-state index in [9.17, 15) is 4.79 Å². The molecule has 0 radical (unpaired) electrons. The number of aryl methyl sites for hydroxylation is 1. The molecule has 6 nitrogen and oxygen atoms in total. The molecular formula is C15H20N4O2. The highest BCUT2D eigenvalue weighted by Crippen LogP contribution is 2.24. The fourth-order valence-electron chi connectivity index (χ4n) is 2.06. The van der Waals surface area contributed by atoms with Gasteiger partial charge in [-0.1, -0.05) is 6.07 Å². The summed E-state index contributed by atoms with van der Waals surface area (Å²) in [6.45, 7) is 1.52. The second-order valence-electron chi connectivity index (χ2n) is 4.69. The van der Waals surface area contributed by atoms with Crippen molar-refractivity contribution in [1.29, 1.82) is 0 Å². The number of para-hydroxylation sites is 1. The van der Waals surface area contributed by atoms with Crippen LogP contribution in [0.25, 0.3) is 0 Å². The Hall–Kier alpha value is -2.50. The predicted molar refractivity (Wildman–Crippen MR) is 81.2 cm³/mol. The molecule has 1 aromatic carbocycles. The number of nitrogens with two attached hydrogens (primary N) is 1. The van der Waals surface area contributed by atoms with Gasteiger partial charge < -0.3 is 20.4 Å². The maximum absolute atomic E-state index is 12.1. The number of hydrogen-bond acceptors (Lipinski definition) is 4. The number of benzene rings is 1. The molecule has 2 aromatic rings. The minimum absolute atomic E-state index is 0.172. The van der Waals surface area contributed by atoms with Crippen LogP contribution >= 0.6 is 0 Å². The smallest absolute Gasteiger partial charge is 0.253 e. The van der Waals surface area contributed by atoms with E-state index >= 15 is 0 Å². The van der Waals surface area contributed by atoms with E-state index in [0.29, 0.717) is 23.5 Å². The third-order valence-electron chi connectivity index (χ3n) is 3.22. The van der Waals surface area contributed by atoms with E-state index in [-0.39, 0.29) is 5.91 Å². The van der Waals surface area contributed by atoms with Crippen molar-refractivity contribution in [3.05, 3.63) is 42.5 Å². The molecular weight excluding hydrogens is 268 g/mol. The summed E-state index contributed by atoms with van der Waals surface area (Å²) in [5.41, 5.74) is 6.71. The summed E-state index contributed by atoms with van der Waals surface area (Å²) in [6.07, 6.45) is 7.34. The number of amides is 1. The summed E-state index contributed by atoms with van der Waals surface area (Å²) in [6, 6.07) is 5.18. The van der Waals surface area contributed by atoms with Crippen LogP contribution < -0.4 is 15.8 Å². The Labute approximate surface area is 123 Å². The molecule has 0 saturated carbocycles. The van der Waals surface area contributed by atoms with Crippen LogP contribution in [-0.2, 0) is 6.54 Å². The van der Waals surface area contributed by atoms with E-state index in [0.717, 1.165) is 19.4 Å². The summed E-state index contributed by atoms with van der Waals surface area (Å²) in [5.74, 6) is 0.344. The number of ether oxygens (including phenoxy) is 1. The molecule has 0 aliphatic rings. The molecule has 21 heavy (non-hydrogen) atoms. The van der Waals surface area contributed by atoms with E-state index in [2.05, 4.69) is 10.3 Å². The van der Waals surface area contributed by atoms with Gasteiger partial charge in [-0.25, -0.2) is 4.98 Å². The zero-order chi connectivity index (χ0) is 15.1. The summed E-state index contributed by atoms with van der Waals surface area (Å²) >= 11 is 0. The fourth-order valence-corrected chi connectivity index (χ4v) is 2.06. The molecule has 2 rings (SSSR count). The zero-order valence-electron chi connectivity index (χ0n) is 12.1. The first kappa shape index (κ1) is 14.9. The standard InChI is InChI=1S/C15H20N4O2/c1-21-13-6-4-5-12(14(13)16)15(20)18-7-2-3-9-19-10-8-17-11-19/h4-6,8,10-11H,2-3,7,9,16H2,1H3,(H,18,20). The second-order valence-corrected chi connectivity index (χ2v) is 4.69. The Kier molecular flexibility index (Phi) is 5.20. The lowest BCUT2D eigenvalue weighted by molar-refractivity contribution is 0.0953. The number of rotatable bonds is 7. The molecule has 0 saturated heterocycles. The lowest BCUT2D eigenvalue weighted by atomic mass is 10.1. The number of nitrogens with zero attached hydrogens (tertiary/aromatic N) is 2. The average molecular weight is 288 g/mol. The fraction of sp³-hybridized carbons (Fsp3) is 0.333. The number of unbranched alkanes of at least 4 members (excludes halogenated alkanes) is 1. The van der Waals surface area contributed by atoms with Crippen LogP contribution in [0.3, 0.4) is 0 Å². The predicted octanol–water partition coefficient (Wildman–Crippen LogP) is 1.68. The number of imidazole rings is 1. The minimum atomic E-state index is -0.172. The van der Waals surface area contributed by atoms with Crippen molar-refractivity contribution in [2.45, 2.75) is 19.4 Å². The van der Waals surface area contributed by atoms with E-state index in [4.69, 9.17) is 10.5 Å². The molecule has 3 N–H and O–H groups in total. The van der Waals surface area contributed by atoms with Crippen LogP contribution in [0.1, 0.15) is 23.2 Å². The highest BCUT2D eigenvalue weighted by molar-refractivity contribution is 6.00. The van der Waals surface area contributed by atoms with Gasteiger partial charge in [0.15, 0.2) is 0 Å². The number of nitrogen functional groups attached to an aromatic ring is 1. The molecule has 0 atom stereocenters. The van der Waals surface area contributed by atoms with Crippen molar-refractivity contribution in [2.75, 3.05) is 19.4 Å². The van der Waals surface area contributed by atoms with Gasteiger partial charge in [0.05, 0.1) is 24.7 Å². The SMILES string of the molecule is COc1cccc(C(=O)NCCCCn2ccnc2)c1N. The van der Waals surface area contributed by atoms with Gasteiger partial charge in [-0.15, -0.1) is 0 Å². The van der Waals surface area contributed by atoms with Gasteiger partial charge in [-0.3, -0.25) is 4.79 Å². The topological polar surface area (TPSA) is 82.2 Å². The van der Waals surface area contributed by atoms with Gasteiger partial charge in [0.25, 0.3) is 5.91 Å². The van der Waals surface area contributed by atoms with Gasteiger partial charge >= 0.3 is 0 Å². The molecule has 0 unspecified atom stereocenters. The van der Waals surface area contributed by atoms with Crippen LogP contribution in [0.15, 0.2) is 36.9 Å². The van der Waals surface area contributed by atoms with Crippen LogP contribution in [0, 0.1) is 0 Å². The average Bonchev–Trinajstić information content (AvgIpc) is 3.00. The van der Waals surface area contributed by atoms with Gasteiger partial charge in [-0.2, -0.15) is 0 Å². The third-order valence-corrected chi connectivity index (χ3v) is 3.22. The first-order valence-electron chi connectivity index (χ1n) is 6.89. The second kappa shape index (κ2) is 7.33. The van der Waals surface area contributed by atoms with Crippen molar-refractivity contribution >= 4 is 11.6 Å². The Morgan fingerprint density at radius 2 is 2.29 bits per heavy atom. The molecule has 6 heteroatoms. The first-order valence-corrected chi connectivity index (χ1v) is 6.89. The van der Waals surface area contributed by atoms with Gasteiger partial charge in [0.1, 0.15) is 5.75 Å². The summed E-state index contributed by atoms with van der Waals surface area (Å²) in [5, 5.41) is 2.87. The maximum atomic E-state index is 12.1. The van der Waals surface area contributed by atoms with Gasteiger partial charge in [0.2, 0.25) is 0 Å². The number of aromatic nitrogens is 2. The lowest BCUT2D eigenvalue weighted by Gasteiger charge is -2.10. The zero-order valence-corrected chi connectivity index (χ0v) is 12.1. The summed E-state index contributed by atoms with van der Waals surface area (Å²) in [7, 11) is 1.53. The van der Waals surface area contributed by atoms with Crippen molar-refractivity contribution in [2.24, 2.45) is 0 Å². The van der Waals surface area contributed by atoms with E-state index in [1.807, 2.05) is 10.8 Å². The van der Waals surface area contributed by atoms with Crippen molar-refractivity contribution < 1.29 is 9.53 Å². The Balaban J connectivity index is 1.77. The summed E-state index contributed by atoms with van der Waals surface area (Å²) < 4.78 is 7.12. The first-order chi connectivity index (χ1) is 10.2. The molecule has 0 aliphatic heterocycles. The highest BCUT2D eigenvalue weighted by Gasteiger charge is 2.12. The molecule has 0 fully saturated rings. The molecule has 1 aromatic heterocycles. The number of hydrogen-bond donors (Lipinski definition) is 2. The molecule has 112 valence electrons. The third kappa shape index (κ3) is 3.98. The van der Waals surface area contributed by atoms with E-state index in [1.165, 1.54) is 7.11 Å². The Morgan fingerprint density at radius 1 is 1.43 bits per heavy atom. The number of carbonyl (C=O) groups is 1. The Bertz CT molecular complexity index is 581. The van der Waals surface area contributed by atoms with Crippen molar-refractivity contribution in [3.8, 4) is 5.75 Å². The van der Waals surface area contributed by atoms with E-state index in [1.54, 1.807) is 30.7 Å². The maximum Gasteiger partial charge on any atom is 0.253 e. The minimum Gasteiger partial charge on any atom is -0.495 e. The van der Waals surface area contributed by atoms with Crippen LogP contribution in [0.2, 0.25) is 0 Å². The van der Waals surface area contributed by atoms with Crippen molar-refractivity contribution in [3.63, 3.8) is 0 Å². The number of methoxy groups -OCH3 is 1. The van der Waals surface area contributed by atoms with Crippen molar-refractivity contribution in [1.82, 2.24) is 14.9 Å². The molecule has 0 aliphatic carbocycles. The number of anilines is 1. The highest BCUT2D eigenvalue weighted by atomic mass is 16.5. The largest absolute Gasteiger partial charge is 0.495 e. The molecule has 0 spiro atoms. The van der Waals surface area contributed by atoms with Gasteiger partial charge in [0, 0.05) is 25.5 Å². The van der Waals surface area contributed by atoms with Crippen LogP contribution in [0.4, 0.5) is 5.69 Å². The molecule has 1 heterocycles. The monoisotopic (exact) mass is 288 g/mol. The lowest BCUT2D eigenvalue weighted by Crippen LogP contribution is -2.25. The van der Waals surface area contributed by atoms with Gasteiger partial charge in [-0.05, 0) is 25.0 Å². The van der Waals surface area contributed by atoms with Crippen LogP contribution in [0.5, 0.6) is 5.75 Å². The number of nitrogens with one attached hydrogen (secondary N) is 1. The Morgan fingerprint density at radius 3 is 3.00 bits per heavy atom. The molecule has 0 bridgehead atoms. The van der Waals surface area contributed by atoms with E-state index < -0.39 is 0 Å². The number of carbonyl (C=O) groups excluding carboxylic acids is 1. The quantitative estimate of drug-likeness (QED) is 0.600. The summed E-state index contributed by atoms with van der Waals surface area (Å²) in [4.78, 5) is 16.0.